The lowest BCUT2D eigenvalue weighted by Crippen LogP contribution is -2.55. The number of rotatable bonds is 4. The number of urea groups is 1. The van der Waals surface area contributed by atoms with Gasteiger partial charge in [0.25, 0.3) is 0 Å². The number of carbonyl (C=O) groups excluding carboxylic acids is 2. The topological polar surface area (TPSA) is 79.9 Å². The molecule has 128 valence electrons. The van der Waals surface area contributed by atoms with Gasteiger partial charge in [0.15, 0.2) is 0 Å². The minimum Gasteiger partial charge on any atom is -0.463 e. The van der Waals surface area contributed by atoms with Crippen LogP contribution in [-0.2, 0) is 14.3 Å². The number of hydrogen-bond donors (Lipinski definition) is 2. The average Bonchev–Trinajstić information content (AvgIpc) is 2.55. The maximum absolute atomic E-state index is 12.1. The molecule has 2 aliphatic heterocycles. The molecule has 23 heavy (non-hydrogen) atoms. The van der Waals surface area contributed by atoms with Gasteiger partial charge in [-0.1, -0.05) is 12.8 Å². The van der Waals surface area contributed by atoms with Crippen LogP contribution in [0.25, 0.3) is 0 Å². The molecule has 2 atom stereocenters. The average molecular weight is 323 g/mol. The minimum atomic E-state index is -0.358. The highest BCUT2D eigenvalue weighted by Gasteiger charge is 2.35. The summed E-state index contributed by atoms with van der Waals surface area (Å²) in [7, 11) is 0. The van der Waals surface area contributed by atoms with Crippen LogP contribution in [0.2, 0.25) is 0 Å². The second-order valence-corrected chi connectivity index (χ2v) is 6.22. The normalized spacial score (nSPS) is 28.7. The quantitative estimate of drug-likeness (QED) is 0.747. The van der Waals surface area contributed by atoms with E-state index in [0.29, 0.717) is 37.1 Å². The number of amides is 2. The molecule has 7 heteroatoms. The Morgan fingerprint density at radius 3 is 3.04 bits per heavy atom. The van der Waals surface area contributed by atoms with Gasteiger partial charge in [0.05, 0.1) is 31.4 Å². The number of fused-ring (bicyclic) bond motifs is 1. The van der Waals surface area contributed by atoms with Crippen molar-refractivity contribution in [3.8, 4) is 0 Å². The summed E-state index contributed by atoms with van der Waals surface area (Å²) in [6.07, 6.45) is 4.91. The standard InChI is InChI=1S/C16H25N3O4/c1-2-22-15(20)11-9-17-16(21)18-12(11)10-19-7-8-23-14-6-4-3-5-13(14)19/h13-14H,2-10H2,1H3,(H2,17,18,21)/t13-,14+/m1/s1. The molecule has 3 rings (SSSR count). The molecular weight excluding hydrogens is 298 g/mol. The second kappa shape index (κ2) is 7.31. The van der Waals surface area contributed by atoms with Gasteiger partial charge in [0.1, 0.15) is 0 Å². The Balaban J connectivity index is 1.76. The zero-order valence-corrected chi connectivity index (χ0v) is 13.6. The summed E-state index contributed by atoms with van der Waals surface area (Å²) in [5.74, 6) is -0.358. The Bertz CT molecular complexity index is 504. The molecule has 2 amide bonds. The summed E-state index contributed by atoms with van der Waals surface area (Å²) >= 11 is 0. The van der Waals surface area contributed by atoms with Crippen LogP contribution in [0.15, 0.2) is 11.3 Å². The minimum absolute atomic E-state index is 0.221. The highest BCUT2D eigenvalue weighted by Crippen LogP contribution is 2.29. The first kappa shape index (κ1) is 16.3. The van der Waals surface area contributed by atoms with Crippen LogP contribution >= 0.6 is 0 Å². The Hall–Kier alpha value is -1.60. The predicted octanol–water partition coefficient (Wildman–Crippen LogP) is 0.760. The van der Waals surface area contributed by atoms with Crippen LogP contribution in [0.4, 0.5) is 4.79 Å². The second-order valence-electron chi connectivity index (χ2n) is 6.22. The first-order valence-electron chi connectivity index (χ1n) is 8.48. The van der Waals surface area contributed by atoms with E-state index in [9.17, 15) is 9.59 Å². The van der Waals surface area contributed by atoms with Crippen molar-refractivity contribution in [1.82, 2.24) is 15.5 Å². The van der Waals surface area contributed by atoms with E-state index < -0.39 is 0 Å². The molecule has 2 fully saturated rings. The van der Waals surface area contributed by atoms with Crippen molar-refractivity contribution in [2.75, 3.05) is 32.8 Å². The van der Waals surface area contributed by atoms with Crippen LogP contribution in [0.1, 0.15) is 32.6 Å². The maximum Gasteiger partial charge on any atom is 0.337 e. The van der Waals surface area contributed by atoms with Gasteiger partial charge >= 0.3 is 12.0 Å². The third kappa shape index (κ3) is 3.67. The van der Waals surface area contributed by atoms with Crippen LogP contribution in [0.3, 0.4) is 0 Å². The van der Waals surface area contributed by atoms with E-state index in [2.05, 4.69) is 15.5 Å². The van der Waals surface area contributed by atoms with Crippen molar-refractivity contribution in [1.29, 1.82) is 0 Å². The van der Waals surface area contributed by atoms with Crippen molar-refractivity contribution >= 4 is 12.0 Å². The number of esters is 1. The van der Waals surface area contributed by atoms with E-state index in [0.717, 1.165) is 19.4 Å². The van der Waals surface area contributed by atoms with Gasteiger partial charge in [-0.05, 0) is 19.8 Å². The molecule has 3 aliphatic rings. The van der Waals surface area contributed by atoms with E-state index >= 15 is 0 Å². The fraction of sp³-hybridized carbons (Fsp3) is 0.750. The van der Waals surface area contributed by atoms with Crippen molar-refractivity contribution < 1.29 is 19.1 Å². The molecule has 0 bridgehead atoms. The number of nitrogens with one attached hydrogen (secondary N) is 2. The number of morpholine rings is 1. The third-order valence-electron chi connectivity index (χ3n) is 4.78. The molecule has 1 aliphatic carbocycles. The van der Waals surface area contributed by atoms with Crippen molar-refractivity contribution in [3.63, 3.8) is 0 Å². The zero-order valence-electron chi connectivity index (χ0n) is 13.6. The molecule has 0 aromatic heterocycles. The van der Waals surface area contributed by atoms with Crippen molar-refractivity contribution in [2.24, 2.45) is 0 Å². The van der Waals surface area contributed by atoms with Crippen molar-refractivity contribution in [2.45, 2.75) is 44.8 Å². The monoisotopic (exact) mass is 323 g/mol. The Labute approximate surface area is 136 Å². The molecule has 0 unspecified atom stereocenters. The van der Waals surface area contributed by atoms with Gasteiger partial charge < -0.3 is 20.1 Å². The summed E-state index contributed by atoms with van der Waals surface area (Å²) < 4.78 is 11.0. The van der Waals surface area contributed by atoms with E-state index in [-0.39, 0.29) is 24.6 Å². The van der Waals surface area contributed by atoms with E-state index in [1.54, 1.807) is 6.92 Å². The van der Waals surface area contributed by atoms with Crippen molar-refractivity contribution in [3.05, 3.63) is 11.3 Å². The lowest BCUT2D eigenvalue weighted by atomic mass is 9.90. The van der Waals surface area contributed by atoms with E-state index in [1.807, 2.05) is 0 Å². The molecule has 2 heterocycles. The van der Waals surface area contributed by atoms with E-state index in [4.69, 9.17) is 9.47 Å². The molecule has 1 saturated heterocycles. The highest BCUT2D eigenvalue weighted by molar-refractivity contribution is 5.93. The summed E-state index contributed by atoms with van der Waals surface area (Å²) in [4.78, 5) is 26.1. The van der Waals surface area contributed by atoms with Crippen LogP contribution in [0, 0.1) is 0 Å². The molecule has 7 nitrogen and oxygen atoms in total. The lowest BCUT2D eigenvalue weighted by Gasteiger charge is -2.44. The summed E-state index contributed by atoms with van der Waals surface area (Å²) in [5.41, 5.74) is 1.18. The summed E-state index contributed by atoms with van der Waals surface area (Å²) in [6.45, 7) is 4.41. The fourth-order valence-corrected chi connectivity index (χ4v) is 3.66. The molecule has 0 spiro atoms. The Morgan fingerprint density at radius 1 is 1.39 bits per heavy atom. The van der Waals surface area contributed by atoms with Crippen LogP contribution in [0.5, 0.6) is 0 Å². The lowest BCUT2D eigenvalue weighted by molar-refractivity contribution is -0.138. The number of hydrogen-bond acceptors (Lipinski definition) is 5. The van der Waals surface area contributed by atoms with Gasteiger partial charge in [0.2, 0.25) is 0 Å². The Morgan fingerprint density at radius 2 is 2.22 bits per heavy atom. The van der Waals surface area contributed by atoms with Gasteiger partial charge in [-0.15, -0.1) is 0 Å². The van der Waals surface area contributed by atoms with E-state index in [1.165, 1.54) is 12.8 Å². The molecule has 0 aromatic carbocycles. The molecule has 1 saturated carbocycles. The number of ether oxygens (including phenoxy) is 2. The zero-order chi connectivity index (χ0) is 16.2. The Kier molecular flexibility index (Phi) is 5.17. The molecule has 2 N–H and O–H groups in total. The first-order chi connectivity index (χ1) is 11.2. The van der Waals surface area contributed by atoms with Crippen LogP contribution < -0.4 is 10.6 Å². The predicted molar refractivity (Wildman–Crippen MR) is 83.8 cm³/mol. The van der Waals surface area contributed by atoms with Crippen LogP contribution in [-0.4, -0.2) is 61.9 Å². The van der Waals surface area contributed by atoms with Gasteiger partial charge in [0, 0.05) is 24.8 Å². The largest absolute Gasteiger partial charge is 0.463 e. The van der Waals surface area contributed by atoms with Gasteiger partial charge in [-0.3, -0.25) is 4.90 Å². The maximum atomic E-state index is 12.1. The molecule has 0 radical (unpaired) electrons. The number of carbonyl (C=O) groups is 2. The first-order valence-corrected chi connectivity index (χ1v) is 8.48. The highest BCUT2D eigenvalue weighted by atomic mass is 16.5. The SMILES string of the molecule is CCOC(=O)C1=C(CN2CCO[C@H]3CCCC[C@H]32)NC(=O)NC1. The summed E-state index contributed by atoms with van der Waals surface area (Å²) in [6, 6.07) is 0.113. The van der Waals surface area contributed by atoms with Gasteiger partial charge in [-0.2, -0.15) is 0 Å². The number of nitrogens with zero attached hydrogens (tertiary/aromatic N) is 1. The smallest absolute Gasteiger partial charge is 0.337 e. The third-order valence-corrected chi connectivity index (χ3v) is 4.78. The molecule has 0 aromatic rings. The summed E-state index contributed by atoms with van der Waals surface area (Å²) in [5, 5.41) is 5.44. The molecular formula is C16H25N3O4. The van der Waals surface area contributed by atoms with Gasteiger partial charge in [-0.25, -0.2) is 9.59 Å². The fourth-order valence-electron chi connectivity index (χ4n) is 3.66.